The van der Waals surface area contributed by atoms with Crippen LogP contribution in [0.2, 0.25) is 17.5 Å². The summed E-state index contributed by atoms with van der Waals surface area (Å²) in [5, 5.41) is 0. The highest BCUT2D eigenvalue weighted by molar-refractivity contribution is 8.07. The summed E-state index contributed by atoms with van der Waals surface area (Å²) in [5.74, 6) is 1.79. The average molecular weight is 233 g/mol. The molecule has 0 aromatic rings. The van der Waals surface area contributed by atoms with E-state index in [1.54, 1.807) is 0 Å². The lowest BCUT2D eigenvalue weighted by molar-refractivity contribution is 0.620. The lowest BCUT2D eigenvalue weighted by atomic mass is 9.45. The zero-order valence-corrected chi connectivity index (χ0v) is 11.0. The van der Waals surface area contributed by atoms with Crippen LogP contribution in [0, 0.1) is 0 Å². The van der Waals surface area contributed by atoms with Gasteiger partial charge in [0.25, 0.3) is 0 Å². The molecule has 15 heavy (non-hydrogen) atoms. The van der Waals surface area contributed by atoms with E-state index in [9.17, 15) is 0 Å². The number of hydrogen-bond acceptors (Lipinski definition) is 2. The first-order valence-corrected chi connectivity index (χ1v) is 6.85. The Morgan fingerprint density at radius 3 is 1.67 bits per heavy atom. The summed E-state index contributed by atoms with van der Waals surface area (Å²) in [6.07, 6.45) is 7.39. The van der Waals surface area contributed by atoms with Gasteiger partial charge in [0, 0.05) is 7.74 Å². The van der Waals surface area contributed by atoms with Crippen LogP contribution >= 0.6 is 25.0 Å². The summed E-state index contributed by atoms with van der Waals surface area (Å²) < 4.78 is 0. The fourth-order valence-corrected chi connectivity index (χ4v) is 3.11. The van der Waals surface area contributed by atoms with Crippen molar-refractivity contribution >= 4 is 53.0 Å². The second-order valence-electron chi connectivity index (χ2n) is 4.44. The standard InChI is InChI=1S/C9H17B4S2/c10-11-7-3-1-5-8(12-14)9(13-15)6-2-4-7/h7-9,14-15H,1-6H2. The van der Waals surface area contributed by atoms with Gasteiger partial charge in [0.2, 0.25) is 0 Å². The zero-order chi connectivity index (χ0) is 11.1. The Bertz CT molecular complexity index is 154. The van der Waals surface area contributed by atoms with Crippen molar-refractivity contribution in [3.05, 3.63) is 0 Å². The van der Waals surface area contributed by atoms with Gasteiger partial charge < -0.3 is 0 Å². The maximum absolute atomic E-state index is 5.64. The average Bonchev–Trinajstić information content (AvgIpc) is 2.37. The van der Waals surface area contributed by atoms with E-state index < -0.39 is 0 Å². The second kappa shape index (κ2) is 8.11. The van der Waals surface area contributed by atoms with Crippen LogP contribution in [0.1, 0.15) is 38.5 Å². The monoisotopic (exact) mass is 233 g/mol. The summed E-state index contributed by atoms with van der Waals surface area (Å²) in [6, 6.07) is 0. The molecule has 1 aliphatic carbocycles. The van der Waals surface area contributed by atoms with Crippen LogP contribution in [-0.2, 0) is 0 Å². The van der Waals surface area contributed by atoms with Crippen LogP contribution in [0.15, 0.2) is 0 Å². The molecule has 1 saturated carbocycles. The minimum Gasteiger partial charge on any atom is -0.235 e. The summed E-state index contributed by atoms with van der Waals surface area (Å²) in [6.45, 7) is 4.09. The third-order valence-corrected chi connectivity index (χ3v) is 4.20. The Kier molecular flexibility index (Phi) is 7.58. The molecule has 0 aromatic heterocycles. The smallest absolute Gasteiger partial charge is 0.190 e. The normalized spacial score (nSPS) is 33.3. The van der Waals surface area contributed by atoms with Gasteiger partial charge in [-0.1, -0.05) is 56.0 Å². The fourth-order valence-electron chi connectivity index (χ4n) is 2.37. The lowest BCUT2D eigenvalue weighted by Crippen LogP contribution is -2.11. The number of thiol groups is 2. The molecule has 77 valence electrons. The van der Waals surface area contributed by atoms with E-state index in [4.69, 9.17) is 7.74 Å². The molecule has 0 heterocycles. The van der Waals surface area contributed by atoms with Gasteiger partial charge in [0.1, 0.15) is 0 Å². The van der Waals surface area contributed by atoms with Gasteiger partial charge in [-0.2, -0.15) is 0 Å². The van der Waals surface area contributed by atoms with Crippen molar-refractivity contribution in [3.63, 3.8) is 0 Å². The molecule has 2 atom stereocenters. The van der Waals surface area contributed by atoms with Gasteiger partial charge in [-0.25, -0.2) is 25.0 Å². The zero-order valence-electron chi connectivity index (χ0n) is 9.18. The second-order valence-corrected chi connectivity index (χ2v) is 5.04. The SMILES string of the molecule is [B][B]C1CCCC([B]S)C([B]S)CCC1. The first-order valence-electron chi connectivity index (χ1n) is 5.82. The Hall–Kier alpha value is 0.960. The van der Waals surface area contributed by atoms with Crippen LogP contribution in [0.5, 0.6) is 0 Å². The minimum absolute atomic E-state index is 0.586. The van der Waals surface area contributed by atoms with Crippen LogP contribution in [0.3, 0.4) is 0 Å². The first kappa shape index (κ1) is 14.0. The maximum atomic E-state index is 5.64. The van der Waals surface area contributed by atoms with E-state index in [0.29, 0.717) is 17.5 Å². The summed E-state index contributed by atoms with van der Waals surface area (Å²) in [4.78, 5) is 0. The van der Waals surface area contributed by atoms with E-state index in [1.807, 2.05) is 20.3 Å². The molecular weight excluding hydrogens is 215 g/mol. The van der Waals surface area contributed by atoms with Crippen molar-refractivity contribution < 1.29 is 0 Å². The van der Waals surface area contributed by atoms with E-state index in [-0.39, 0.29) is 0 Å². The molecule has 0 N–H and O–H groups in total. The van der Waals surface area contributed by atoms with E-state index in [2.05, 4.69) is 25.0 Å². The molecule has 2 unspecified atom stereocenters. The molecule has 6 heteroatoms. The molecule has 1 rings (SSSR count). The van der Waals surface area contributed by atoms with Gasteiger partial charge in [-0.15, -0.1) is 0 Å². The van der Waals surface area contributed by atoms with Gasteiger partial charge in [0.15, 0.2) is 13.1 Å². The third kappa shape index (κ3) is 4.77. The molecular formula is C9H17B4S2. The van der Waals surface area contributed by atoms with Crippen LogP contribution < -0.4 is 0 Å². The molecule has 0 spiro atoms. The predicted octanol–water partition coefficient (Wildman–Crippen LogP) is 2.59. The molecule has 5 radical (unpaired) electrons. The Morgan fingerprint density at radius 1 is 0.867 bits per heavy atom. The van der Waals surface area contributed by atoms with Crippen molar-refractivity contribution in [1.82, 2.24) is 0 Å². The topological polar surface area (TPSA) is 0 Å². The quantitative estimate of drug-likeness (QED) is 0.542. The molecule has 0 nitrogen and oxygen atoms in total. The van der Waals surface area contributed by atoms with E-state index >= 15 is 0 Å². The Labute approximate surface area is 109 Å². The summed E-state index contributed by atoms with van der Waals surface area (Å²) >= 11 is 8.66. The van der Waals surface area contributed by atoms with Gasteiger partial charge in [0.05, 0.1) is 7.17 Å². The van der Waals surface area contributed by atoms with E-state index in [0.717, 1.165) is 0 Å². The Balaban J connectivity index is 2.48. The van der Waals surface area contributed by atoms with Crippen molar-refractivity contribution in [3.8, 4) is 0 Å². The van der Waals surface area contributed by atoms with Crippen LogP contribution in [-0.4, -0.2) is 28.0 Å². The Morgan fingerprint density at radius 2 is 1.33 bits per heavy atom. The highest BCUT2D eigenvalue weighted by Crippen LogP contribution is 2.38. The summed E-state index contributed by atoms with van der Waals surface area (Å²) in [5.41, 5.74) is 0. The molecule has 0 aromatic carbocycles. The molecule has 0 saturated heterocycles. The molecule has 1 fully saturated rings. The van der Waals surface area contributed by atoms with Crippen molar-refractivity contribution in [2.45, 2.75) is 56.0 Å². The number of hydrogen-bond donors (Lipinski definition) is 2. The molecule has 0 aliphatic heterocycles. The van der Waals surface area contributed by atoms with Crippen molar-refractivity contribution in [2.75, 3.05) is 0 Å². The highest BCUT2D eigenvalue weighted by atomic mass is 32.1. The maximum Gasteiger partial charge on any atom is 0.190 e. The highest BCUT2D eigenvalue weighted by Gasteiger charge is 2.22. The van der Waals surface area contributed by atoms with Crippen LogP contribution in [0.4, 0.5) is 0 Å². The minimum atomic E-state index is 0.586. The first-order chi connectivity index (χ1) is 7.31. The fraction of sp³-hybridized carbons (Fsp3) is 1.00. The predicted molar refractivity (Wildman–Crippen MR) is 79.9 cm³/mol. The van der Waals surface area contributed by atoms with Gasteiger partial charge >= 0.3 is 0 Å². The third-order valence-electron chi connectivity index (χ3n) is 3.43. The van der Waals surface area contributed by atoms with Crippen molar-refractivity contribution in [2.24, 2.45) is 0 Å². The van der Waals surface area contributed by atoms with Gasteiger partial charge in [-0.05, 0) is 0 Å². The molecule has 0 bridgehead atoms. The number of rotatable bonds is 3. The lowest BCUT2D eigenvalue weighted by Gasteiger charge is -2.22. The van der Waals surface area contributed by atoms with Gasteiger partial charge in [-0.3, -0.25) is 0 Å². The molecule has 1 aliphatic rings. The van der Waals surface area contributed by atoms with Crippen molar-refractivity contribution in [1.29, 1.82) is 0 Å². The molecule has 0 amide bonds. The van der Waals surface area contributed by atoms with E-state index in [1.165, 1.54) is 38.5 Å². The summed E-state index contributed by atoms with van der Waals surface area (Å²) in [7, 11) is 7.52. The van der Waals surface area contributed by atoms with Crippen LogP contribution in [0.25, 0.3) is 0 Å². The largest absolute Gasteiger partial charge is 0.235 e.